The second kappa shape index (κ2) is 6.97. The monoisotopic (exact) mass is 355 g/mol. The molecule has 7 nitrogen and oxygen atoms in total. The number of aromatic nitrogens is 3. The molecule has 2 aliphatic heterocycles. The summed E-state index contributed by atoms with van der Waals surface area (Å²) in [5.41, 5.74) is 1.91. The summed E-state index contributed by atoms with van der Waals surface area (Å²) in [6.45, 7) is 2.95. The standard InChI is InChI=1S/C19H25N5O2/c1-21-9-4-6-16(21)15-14-17-23(19(26)8-13-24(17)20-15)12-5-7-18(25)22-10-2-3-11-22/h4,6,9,14H,2-3,5,7-8,10-13H2,1H3. The molecule has 0 radical (unpaired) electrons. The minimum absolute atomic E-state index is 0.115. The van der Waals surface area contributed by atoms with E-state index in [9.17, 15) is 9.59 Å². The fourth-order valence-electron chi connectivity index (χ4n) is 3.86. The van der Waals surface area contributed by atoms with E-state index in [-0.39, 0.29) is 11.8 Å². The fourth-order valence-corrected chi connectivity index (χ4v) is 3.86. The average Bonchev–Trinajstić information content (AvgIpc) is 3.36. The van der Waals surface area contributed by atoms with E-state index in [0.717, 1.165) is 43.1 Å². The second-order valence-electron chi connectivity index (χ2n) is 7.10. The number of rotatable bonds is 5. The summed E-state index contributed by atoms with van der Waals surface area (Å²) >= 11 is 0. The van der Waals surface area contributed by atoms with Crippen molar-refractivity contribution in [1.29, 1.82) is 0 Å². The highest BCUT2D eigenvalue weighted by Crippen LogP contribution is 2.28. The molecule has 7 heteroatoms. The molecule has 2 aliphatic rings. The van der Waals surface area contributed by atoms with E-state index in [0.29, 0.717) is 32.4 Å². The third-order valence-corrected chi connectivity index (χ3v) is 5.31. The van der Waals surface area contributed by atoms with Crippen molar-refractivity contribution < 1.29 is 9.59 Å². The van der Waals surface area contributed by atoms with Gasteiger partial charge in [0, 0.05) is 51.8 Å². The summed E-state index contributed by atoms with van der Waals surface area (Å²) in [4.78, 5) is 28.4. The molecule has 2 amide bonds. The summed E-state index contributed by atoms with van der Waals surface area (Å²) < 4.78 is 3.93. The van der Waals surface area contributed by atoms with Crippen molar-refractivity contribution in [1.82, 2.24) is 19.2 Å². The van der Waals surface area contributed by atoms with Crippen molar-refractivity contribution in [3.63, 3.8) is 0 Å². The van der Waals surface area contributed by atoms with Crippen molar-refractivity contribution in [3.8, 4) is 11.4 Å². The van der Waals surface area contributed by atoms with Crippen molar-refractivity contribution in [3.05, 3.63) is 24.4 Å². The van der Waals surface area contributed by atoms with Crippen LogP contribution in [0.3, 0.4) is 0 Å². The molecule has 0 unspecified atom stereocenters. The Labute approximate surface area is 153 Å². The van der Waals surface area contributed by atoms with Crippen LogP contribution in [0.4, 0.5) is 5.82 Å². The lowest BCUT2D eigenvalue weighted by atomic mass is 10.2. The summed E-state index contributed by atoms with van der Waals surface area (Å²) in [7, 11) is 1.99. The normalized spacial score (nSPS) is 17.0. The van der Waals surface area contributed by atoms with Gasteiger partial charge in [-0.25, -0.2) is 4.68 Å². The van der Waals surface area contributed by atoms with Crippen LogP contribution in [0.5, 0.6) is 0 Å². The maximum Gasteiger partial charge on any atom is 0.229 e. The van der Waals surface area contributed by atoms with Crippen molar-refractivity contribution in [2.75, 3.05) is 24.5 Å². The molecule has 138 valence electrons. The molecule has 0 atom stereocenters. The SMILES string of the molecule is Cn1cccc1-c1cc2n(n1)CCC(=O)N2CCCC(=O)N1CCCC1. The van der Waals surface area contributed by atoms with Crippen LogP contribution in [-0.4, -0.2) is 50.7 Å². The highest BCUT2D eigenvalue weighted by molar-refractivity contribution is 5.94. The zero-order valence-corrected chi connectivity index (χ0v) is 15.2. The van der Waals surface area contributed by atoms with E-state index in [4.69, 9.17) is 0 Å². The van der Waals surface area contributed by atoms with E-state index in [1.165, 1.54) is 0 Å². The molecule has 2 aromatic rings. The Morgan fingerprint density at radius 3 is 2.77 bits per heavy atom. The van der Waals surface area contributed by atoms with Crippen LogP contribution >= 0.6 is 0 Å². The molecule has 1 saturated heterocycles. The molecule has 0 N–H and O–H groups in total. The lowest BCUT2D eigenvalue weighted by Gasteiger charge is -2.27. The second-order valence-corrected chi connectivity index (χ2v) is 7.10. The Hall–Kier alpha value is -2.57. The molecule has 0 aliphatic carbocycles. The van der Waals surface area contributed by atoms with Gasteiger partial charge in [-0.2, -0.15) is 5.10 Å². The van der Waals surface area contributed by atoms with Crippen molar-refractivity contribution in [2.24, 2.45) is 7.05 Å². The van der Waals surface area contributed by atoms with E-state index >= 15 is 0 Å². The van der Waals surface area contributed by atoms with E-state index in [1.807, 2.05) is 45.6 Å². The number of likely N-dealkylation sites (tertiary alicyclic amines) is 1. The number of amides is 2. The molecule has 2 aromatic heterocycles. The van der Waals surface area contributed by atoms with Gasteiger partial charge in [0.1, 0.15) is 11.5 Å². The van der Waals surface area contributed by atoms with Gasteiger partial charge in [0.15, 0.2) is 0 Å². The number of anilines is 1. The minimum atomic E-state index is 0.115. The number of carbonyl (C=O) groups is 2. The molecule has 1 fully saturated rings. The van der Waals surface area contributed by atoms with Crippen LogP contribution < -0.4 is 4.90 Å². The molecule has 0 aromatic carbocycles. The largest absolute Gasteiger partial charge is 0.349 e. The number of hydrogen-bond donors (Lipinski definition) is 0. The van der Waals surface area contributed by atoms with Gasteiger partial charge < -0.3 is 9.47 Å². The third-order valence-electron chi connectivity index (χ3n) is 5.31. The number of carbonyl (C=O) groups excluding carboxylic acids is 2. The topological polar surface area (TPSA) is 63.4 Å². The maximum atomic E-state index is 12.4. The van der Waals surface area contributed by atoms with Gasteiger partial charge in [-0.15, -0.1) is 0 Å². The van der Waals surface area contributed by atoms with Gasteiger partial charge in [-0.1, -0.05) is 0 Å². The lowest BCUT2D eigenvalue weighted by molar-refractivity contribution is -0.130. The number of aryl methyl sites for hydroxylation is 2. The Kier molecular flexibility index (Phi) is 4.53. The van der Waals surface area contributed by atoms with Crippen molar-refractivity contribution in [2.45, 2.75) is 38.6 Å². The predicted octanol–water partition coefficient (Wildman–Crippen LogP) is 2.03. The van der Waals surface area contributed by atoms with Gasteiger partial charge in [-0.3, -0.25) is 14.5 Å². The number of nitrogens with zero attached hydrogens (tertiary/aromatic N) is 5. The molecule has 0 bridgehead atoms. The molecular formula is C19H25N5O2. The zero-order valence-electron chi connectivity index (χ0n) is 15.2. The Morgan fingerprint density at radius 1 is 1.23 bits per heavy atom. The first-order valence-corrected chi connectivity index (χ1v) is 9.41. The van der Waals surface area contributed by atoms with Gasteiger partial charge >= 0.3 is 0 Å². The molecular weight excluding hydrogens is 330 g/mol. The first-order valence-electron chi connectivity index (χ1n) is 9.41. The van der Waals surface area contributed by atoms with E-state index in [2.05, 4.69) is 5.10 Å². The van der Waals surface area contributed by atoms with Gasteiger partial charge in [0.25, 0.3) is 0 Å². The molecule has 26 heavy (non-hydrogen) atoms. The lowest BCUT2D eigenvalue weighted by Crippen LogP contribution is -2.38. The average molecular weight is 355 g/mol. The highest BCUT2D eigenvalue weighted by Gasteiger charge is 2.27. The summed E-state index contributed by atoms with van der Waals surface area (Å²) in [6.07, 6.45) is 5.85. The van der Waals surface area contributed by atoms with E-state index in [1.54, 1.807) is 4.90 Å². The van der Waals surface area contributed by atoms with Crippen LogP contribution in [0.2, 0.25) is 0 Å². The van der Waals surface area contributed by atoms with Gasteiger partial charge in [-0.05, 0) is 31.4 Å². The Morgan fingerprint density at radius 2 is 2.04 bits per heavy atom. The summed E-state index contributed by atoms with van der Waals surface area (Å²) in [5.74, 6) is 1.17. The summed E-state index contributed by atoms with van der Waals surface area (Å²) in [5, 5.41) is 4.67. The molecule has 0 saturated carbocycles. The Bertz CT molecular complexity index is 816. The zero-order chi connectivity index (χ0) is 18.1. The van der Waals surface area contributed by atoms with Crippen LogP contribution in [0.15, 0.2) is 24.4 Å². The fraction of sp³-hybridized carbons (Fsp3) is 0.526. The van der Waals surface area contributed by atoms with Crippen LogP contribution in [0.25, 0.3) is 11.4 Å². The highest BCUT2D eigenvalue weighted by atomic mass is 16.2. The smallest absolute Gasteiger partial charge is 0.229 e. The number of hydrogen-bond acceptors (Lipinski definition) is 3. The molecule has 4 heterocycles. The Balaban J connectivity index is 1.45. The molecule has 4 rings (SSSR count). The quantitative estimate of drug-likeness (QED) is 0.824. The van der Waals surface area contributed by atoms with Gasteiger partial charge in [0.05, 0.1) is 12.2 Å². The van der Waals surface area contributed by atoms with E-state index < -0.39 is 0 Å². The van der Waals surface area contributed by atoms with Crippen LogP contribution in [-0.2, 0) is 23.2 Å². The van der Waals surface area contributed by atoms with Crippen LogP contribution in [0, 0.1) is 0 Å². The predicted molar refractivity (Wildman–Crippen MR) is 98.7 cm³/mol. The van der Waals surface area contributed by atoms with Gasteiger partial charge in [0.2, 0.25) is 11.8 Å². The maximum absolute atomic E-state index is 12.4. The van der Waals surface area contributed by atoms with Crippen molar-refractivity contribution >= 4 is 17.6 Å². The number of fused-ring (bicyclic) bond motifs is 1. The van der Waals surface area contributed by atoms with Crippen LogP contribution in [0.1, 0.15) is 32.1 Å². The first kappa shape index (κ1) is 16.9. The summed E-state index contributed by atoms with van der Waals surface area (Å²) in [6, 6.07) is 5.99. The first-order chi connectivity index (χ1) is 12.6. The minimum Gasteiger partial charge on any atom is -0.349 e. The third kappa shape index (κ3) is 3.13. The molecule has 0 spiro atoms.